The first-order chi connectivity index (χ1) is 16.8. The van der Waals surface area contributed by atoms with Crippen LogP contribution in [0.25, 0.3) is 11.0 Å². The van der Waals surface area contributed by atoms with Gasteiger partial charge in [0, 0.05) is 0 Å². The Kier molecular flexibility index (Phi) is 5.86. The third kappa shape index (κ3) is 3.59. The molecule has 0 amide bonds. The number of nitro groups is 1. The van der Waals surface area contributed by atoms with E-state index in [1.54, 1.807) is 30.3 Å². The number of carbonyl (C=O) groups is 2. The highest BCUT2D eigenvalue weighted by molar-refractivity contribution is 6.07. The Bertz CT molecular complexity index is 1470. The van der Waals surface area contributed by atoms with Crippen molar-refractivity contribution in [3.63, 3.8) is 0 Å². The minimum Gasteiger partial charge on any atom is -0.466 e. The van der Waals surface area contributed by atoms with E-state index in [0.717, 1.165) is 19.1 Å². The van der Waals surface area contributed by atoms with Crippen LogP contribution in [0.1, 0.15) is 11.5 Å². The van der Waals surface area contributed by atoms with E-state index in [2.05, 4.69) is 14.9 Å². The molecule has 0 spiro atoms. The van der Waals surface area contributed by atoms with Crippen molar-refractivity contribution in [3.8, 4) is 6.07 Å². The second-order valence-corrected chi connectivity index (χ2v) is 7.16. The number of hydrogen-bond acceptors (Lipinski definition) is 12. The van der Waals surface area contributed by atoms with Crippen molar-refractivity contribution in [2.24, 2.45) is 5.73 Å². The highest BCUT2D eigenvalue weighted by atomic mass is 16.6. The largest absolute Gasteiger partial charge is 0.466 e. The van der Waals surface area contributed by atoms with Crippen LogP contribution in [0, 0.1) is 21.4 Å². The maximum atomic E-state index is 13.1. The number of methoxy groups -OCH3 is 2. The lowest BCUT2D eigenvalue weighted by Gasteiger charge is -2.35. The number of allylic oxidation sites excluding steroid dienone is 1. The number of rotatable bonds is 5. The van der Waals surface area contributed by atoms with Crippen LogP contribution in [0.15, 0.2) is 69.8 Å². The number of fused-ring (bicyclic) bond motifs is 1. The van der Waals surface area contributed by atoms with Gasteiger partial charge in [-0.05, 0) is 28.0 Å². The van der Waals surface area contributed by atoms with Gasteiger partial charge in [0.25, 0.3) is 0 Å². The van der Waals surface area contributed by atoms with E-state index in [9.17, 15) is 25.0 Å². The molecule has 1 aromatic heterocycles. The van der Waals surface area contributed by atoms with E-state index < -0.39 is 34.2 Å². The van der Waals surface area contributed by atoms with Crippen LogP contribution >= 0.6 is 0 Å². The van der Waals surface area contributed by atoms with Crippen molar-refractivity contribution in [1.29, 1.82) is 5.26 Å². The highest BCUT2D eigenvalue weighted by Crippen LogP contribution is 2.46. The van der Waals surface area contributed by atoms with Crippen molar-refractivity contribution >= 4 is 34.3 Å². The fraction of sp³-hybridized carbons (Fsp3) is 0.136. The van der Waals surface area contributed by atoms with Crippen molar-refractivity contribution in [2.45, 2.75) is 5.92 Å². The maximum absolute atomic E-state index is 13.1. The zero-order chi connectivity index (χ0) is 25.3. The molecule has 1 atom stereocenters. The smallest absolute Gasteiger partial charge is 0.355 e. The fourth-order valence-electron chi connectivity index (χ4n) is 3.95. The third-order valence-electron chi connectivity index (χ3n) is 5.41. The number of nitriles is 1. The van der Waals surface area contributed by atoms with Gasteiger partial charge in [-0.25, -0.2) is 14.2 Å². The lowest BCUT2D eigenvalue weighted by molar-refractivity contribution is -0.382. The van der Waals surface area contributed by atoms with Gasteiger partial charge in [-0.1, -0.05) is 30.3 Å². The van der Waals surface area contributed by atoms with E-state index >= 15 is 0 Å². The molecule has 0 aliphatic carbocycles. The maximum Gasteiger partial charge on any atom is 0.355 e. The molecule has 1 unspecified atom stereocenters. The predicted octanol–water partition coefficient (Wildman–Crippen LogP) is 2.03. The van der Waals surface area contributed by atoms with Gasteiger partial charge >= 0.3 is 17.6 Å². The molecule has 0 radical (unpaired) electrons. The summed E-state index contributed by atoms with van der Waals surface area (Å²) in [6.45, 7) is 0. The van der Waals surface area contributed by atoms with Gasteiger partial charge in [0.2, 0.25) is 5.52 Å². The number of hydrogen-bond donors (Lipinski definition) is 1. The summed E-state index contributed by atoms with van der Waals surface area (Å²) in [6.07, 6.45) is 0. The van der Waals surface area contributed by atoms with Gasteiger partial charge < -0.3 is 15.2 Å². The summed E-state index contributed by atoms with van der Waals surface area (Å²) in [7, 11) is 2.17. The second kappa shape index (κ2) is 8.94. The van der Waals surface area contributed by atoms with Crippen LogP contribution < -0.4 is 10.6 Å². The molecule has 2 heterocycles. The molecule has 4 rings (SSSR count). The van der Waals surface area contributed by atoms with Gasteiger partial charge in [0.15, 0.2) is 0 Å². The van der Waals surface area contributed by atoms with E-state index in [1.807, 2.05) is 6.07 Å². The van der Waals surface area contributed by atoms with Crippen LogP contribution in [-0.2, 0) is 19.1 Å². The molecule has 2 N–H and O–H groups in total. The SMILES string of the molecule is COC(=O)C1=C(C(=O)OC)N(c2ccc3nonc3c2[N+](=O)[O-])C(N)=C(C#N)C1c1ccccc1. The first kappa shape index (κ1) is 22.9. The number of nitrogens with two attached hydrogens (primary N) is 1. The minimum atomic E-state index is -1.12. The third-order valence-corrected chi connectivity index (χ3v) is 5.41. The molecule has 1 aliphatic rings. The molecule has 3 aromatic rings. The molecule has 176 valence electrons. The first-order valence-electron chi connectivity index (χ1n) is 9.90. The van der Waals surface area contributed by atoms with Gasteiger partial charge in [-0.3, -0.25) is 15.0 Å². The Morgan fingerprint density at radius 2 is 1.83 bits per heavy atom. The average molecular weight is 476 g/mol. The van der Waals surface area contributed by atoms with Crippen molar-refractivity contribution in [1.82, 2.24) is 10.3 Å². The number of benzene rings is 2. The van der Waals surface area contributed by atoms with Crippen LogP contribution in [0.3, 0.4) is 0 Å². The monoisotopic (exact) mass is 476 g/mol. The molecular weight excluding hydrogens is 460 g/mol. The average Bonchev–Trinajstić information content (AvgIpc) is 3.35. The summed E-state index contributed by atoms with van der Waals surface area (Å²) in [4.78, 5) is 38.4. The van der Waals surface area contributed by atoms with E-state index in [1.165, 1.54) is 12.1 Å². The van der Waals surface area contributed by atoms with Crippen LogP contribution in [0.5, 0.6) is 0 Å². The Hall–Kier alpha value is -5.25. The van der Waals surface area contributed by atoms with Gasteiger partial charge in [-0.2, -0.15) is 5.26 Å². The molecule has 0 saturated carbocycles. The molecule has 2 aromatic carbocycles. The standard InChI is InChI=1S/C22H16N6O7/c1-33-21(29)16-15(11-6-4-3-5-7-11)12(10-23)20(24)27(19(16)22(30)34-2)14-9-8-13-17(26-35-25-13)18(14)28(31)32/h3-9,15H,24H2,1-2H3. The topological polar surface area (TPSA) is 188 Å². The lowest BCUT2D eigenvalue weighted by Crippen LogP contribution is -2.41. The summed E-state index contributed by atoms with van der Waals surface area (Å²) in [5.41, 5.74) is 4.90. The van der Waals surface area contributed by atoms with Crippen molar-refractivity contribution in [3.05, 3.63) is 80.8 Å². The Morgan fingerprint density at radius 1 is 1.14 bits per heavy atom. The second-order valence-electron chi connectivity index (χ2n) is 7.16. The Labute approximate surface area is 196 Å². The molecule has 1 aliphatic heterocycles. The van der Waals surface area contributed by atoms with Crippen molar-refractivity contribution in [2.75, 3.05) is 19.1 Å². The van der Waals surface area contributed by atoms with Gasteiger partial charge in [0.1, 0.15) is 22.7 Å². The summed E-state index contributed by atoms with van der Waals surface area (Å²) >= 11 is 0. The van der Waals surface area contributed by atoms with Crippen LogP contribution in [0.4, 0.5) is 11.4 Å². The van der Waals surface area contributed by atoms with Gasteiger partial charge in [0.05, 0.1) is 42.3 Å². The number of nitro benzene ring substituents is 1. The molecule has 0 bridgehead atoms. The van der Waals surface area contributed by atoms with E-state index in [0.29, 0.717) is 5.56 Å². The number of anilines is 1. The Morgan fingerprint density at radius 3 is 2.43 bits per heavy atom. The molecule has 0 fully saturated rings. The first-order valence-corrected chi connectivity index (χ1v) is 9.90. The van der Waals surface area contributed by atoms with E-state index in [-0.39, 0.29) is 33.7 Å². The molecular formula is C22H16N6O7. The van der Waals surface area contributed by atoms with Gasteiger partial charge in [-0.15, -0.1) is 0 Å². The molecule has 35 heavy (non-hydrogen) atoms. The van der Waals surface area contributed by atoms with Crippen molar-refractivity contribution < 1.29 is 28.6 Å². The Balaban J connectivity index is 2.14. The summed E-state index contributed by atoms with van der Waals surface area (Å²) in [5, 5.41) is 29.3. The number of carbonyl (C=O) groups excluding carboxylic acids is 2. The summed E-state index contributed by atoms with van der Waals surface area (Å²) in [6, 6.07) is 12.9. The number of nitrogens with zero attached hydrogens (tertiary/aromatic N) is 5. The minimum absolute atomic E-state index is 0.0690. The molecule has 13 nitrogen and oxygen atoms in total. The molecule has 0 saturated heterocycles. The lowest BCUT2D eigenvalue weighted by atomic mass is 9.81. The highest BCUT2D eigenvalue weighted by Gasteiger charge is 2.45. The van der Waals surface area contributed by atoms with Crippen LogP contribution in [-0.4, -0.2) is 41.4 Å². The zero-order valence-corrected chi connectivity index (χ0v) is 18.3. The zero-order valence-electron chi connectivity index (χ0n) is 18.3. The normalized spacial score (nSPS) is 15.7. The number of esters is 2. The van der Waals surface area contributed by atoms with E-state index in [4.69, 9.17) is 15.2 Å². The predicted molar refractivity (Wildman–Crippen MR) is 118 cm³/mol. The molecule has 13 heteroatoms. The number of ether oxygens (including phenoxy) is 2. The number of aromatic nitrogens is 2. The summed E-state index contributed by atoms with van der Waals surface area (Å²) < 4.78 is 14.5. The quantitative estimate of drug-likeness (QED) is 0.321. The van der Waals surface area contributed by atoms with Crippen LogP contribution in [0.2, 0.25) is 0 Å². The fourth-order valence-corrected chi connectivity index (χ4v) is 3.95. The summed E-state index contributed by atoms with van der Waals surface area (Å²) in [5.74, 6) is -3.45.